The summed E-state index contributed by atoms with van der Waals surface area (Å²) < 4.78 is 11.2. The van der Waals surface area contributed by atoms with E-state index in [2.05, 4.69) is 5.32 Å². The predicted octanol–water partition coefficient (Wildman–Crippen LogP) is 2.41. The first-order valence-electron chi connectivity index (χ1n) is 7.29. The Morgan fingerprint density at radius 1 is 1.21 bits per heavy atom. The zero-order valence-corrected chi connectivity index (χ0v) is 12.8. The summed E-state index contributed by atoms with van der Waals surface area (Å²) >= 11 is 0. The molecule has 1 saturated heterocycles. The summed E-state index contributed by atoms with van der Waals surface area (Å²) in [5.74, 6) is -0.199. The zero-order chi connectivity index (χ0) is 14.3. The number of carbonyl (C=O) groups excluding carboxylic acids is 1. The first kappa shape index (κ1) is 14.8. The molecule has 0 radical (unpaired) electrons. The molecule has 1 saturated carbocycles. The van der Waals surface area contributed by atoms with Crippen LogP contribution in [0.15, 0.2) is 0 Å². The molecular weight excluding hydrogens is 242 g/mol. The predicted molar refractivity (Wildman–Crippen MR) is 74.0 cm³/mol. The Bertz CT molecular complexity index is 358. The Balaban J connectivity index is 2.31. The molecule has 4 nitrogen and oxygen atoms in total. The Kier molecular flexibility index (Phi) is 3.69. The molecule has 2 fully saturated rings. The van der Waals surface area contributed by atoms with E-state index in [1.807, 2.05) is 27.7 Å². The van der Waals surface area contributed by atoms with Gasteiger partial charge in [0.15, 0.2) is 0 Å². The fourth-order valence-corrected chi connectivity index (χ4v) is 3.86. The Labute approximate surface area is 116 Å². The molecule has 0 spiro atoms. The molecule has 110 valence electrons. The molecule has 1 unspecified atom stereocenters. The van der Waals surface area contributed by atoms with Gasteiger partial charge in [-0.05, 0) is 40.5 Å². The van der Waals surface area contributed by atoms with E-state index in [9.17, 15) is 4.79 Å². The highest BCUT2D eigenvalue weighted by molar-refractivity contribution is 5.83. The van der Waals surface area contributed by atoms with Crippen molar-refractivity contribution in [2.75, 3.05) is 7.11 Å². The number of nitrogens with one attached hydrogen (secondary N) is 1. The molecule has 0 aromatic carbocycles. The monoisotopic (exact) mass is 269 g/mol. The third kappa shape index (κ3) is 2.52. The Morgan fingerprint density at radius 2 is 1.79 bits per heavy atom. The number of carbonyl (C=O) groups is 1. The smallest absolute Gasteiger partial charge is 0.329 e. The number of esters is 1. The molecular formula is C15H27NO3. The lowest BCUT2D eigenvalue weighted by molar-refractivity contribution is -0.158. The Hall–Kier alpha value is -0.610. The van der Waals surface area contributed by atoms with E-state index in [1.54, 1.807) is 0 Å². The maximum Gasteiger partial charge on any atom is 0.329 e. The highest BCUT2D eigenvalue weighted by Crippen LogP contribution is 2.46. The first-order chi connectivity index (χ1) is 8.72. The summed E-state index contributed by atoms with van der Waals surface area (Å²) in [6.45, 7) is 8.05. The van der Waals surface area contributed by atoms with Crippen LogP contribution in [-0.2, 0) is 14.3 Å². The third-order valence-corrected chi connectivity index (χ3v) is 4.59. The second-order valence-electron chi connectivity index (χ2n) is 7.07. The van der Waals surface area contributed by atoms with Crippen molar-refractivity contribution in [3.05, 3.63) is 0 Å². The molecule has 1 aliphatic heterocycles. The highest BCUT2D eigenvalue weighted by atomic mass is 16.6. The largest absolute Gasteiger partial charge is 0.468 e. The average Bonchev–Trinajstić information content (AvgIpc) is 2.82. The van der Waals surface area contributed by atoms with E-state index in [4.69, 9.17) is 9.47 Å². The van der Waals surface area contributed by atoms with E-state index in [1.165, 1.54) is 20.0 Å². The molecule has 1 heterocycles. The van der Waals surface area contributed by atoms with Crippen molar-refractivity contribution in [2.45, 2.75) is 82.6 Å². The quantitative estimate of drug-likeness (QED) is 0.799. The summed E-state index contributed by atoms with van der Waals surface area (Å²) in [5.41, 5.74) is -1.62. The van der Waals surface area contributed by atoms with Crippen molar-refractivity contribution >= 4 is 5.97 Å². The van der Waals surface area contributed by atoms with Gasteiger partial charge < -0.3 is 9.47 Å². The highest BCUT2D eigenvalue weighted by Gasteiger charge is 2.63. The number of hydrogen-bond acceptors (Lipinski definition) is 4. The van der Waals surface area contributed by atoms with Gasteiger partial charge in [-0.15, -0.1) is 0 Å². The number of rotatable bonds is 3. The molecule has 0 aromatic heterocycles. The van der Waals surface area contributed by atoms with Crippen LogP contribution in [0, 0.1) is 0 Å². The fourth-order valence-electron chi connectivity index (χ4n) is 3.86. The molecule has 1 atom stereocenters. The molecule has 0 bridgehead atoms. The zero-order valence-electron chi connectivity index (χ0n) is 12.8. The molecule has 1 N–H and O–H groups in total. The van der Waals surface area contributed by atoms with Crippen molar-refractivity contribution in [1.82, 2.24) is 5.32 Å². The summed E-state index contributed by atoms with van der Waals surface area (Å²) in [6.07, 6.45) is 5.39. The minimum atomic E-state index is -0.736. The molecule has 1 aliphatic carbocycles. The molecule has 0 amide bonds. The summed E-state index contributed by atoms with van der Waals surface area (Å²) in [4.78, 5) is 12.5. The van der Waals surface area contributed by atoms with E-state index in [0.717, 1.165) is 12.8 Å². The molecule has 2 aliphatic rings. The normalized spacial score (nSPS) is 33.5. The lowest BCUT2D eigenvalue weighted by atomic mass is 9.78. The number of hydrogen-bond donors (Lipinski definition) is 1. The van der Waals surface area contributed by atoms with Crippen molar-refractivity contribution in [3.8, 4) is 0 Å². The van der Waals surface area contributed by atoms with Gasteiger partial charge in [0.25, 0.3) is 0 Å². The second-order valence-corrected chi connectivity index (χ2v) is 7.07. The van der Waals surface area contributed by atoms with E-state index >= 15 is 0 Å². The molecule has 0 aromatic rings. The summed E-state index contributed by atoms with van der Waals surface area (Å²) in [7, 11) is 1.46. The van der Waals surface area contributed by atoms with Gasteiger partial charge in [0.2, 0.25) is 0 Å². The first-order valence-corrected chi connectivity index (χ1v) is 7.29. The van der Waals surface area contributed by atoms with E-state index in [0.29, 0.717) is 12.5 Å². The topological polar surface area (TPSA) is 47.6 Å². The number of ether oxygens (including phenoxy) is 2. The van der Waals surface area contributed by atoms with Gasteiger partial charge in [-0.25, -0.2) is 4.79 Å². The standard InChI is InChI=1S/C15H27NO3/c1-13(2)10-15(12(17)18-5,14(3,4)19-13)16-11-8-6-7-9-11/h11,16H,6-10H2,1-5H3. The van der Waals surface area contributed by atoms with Crippen LogP contribution < -0.4 is 5.32 Å². The minimum absolute atomic E-state index is 0.199. The average molecular weight is 269 g/mol. The van der Waals surface area contributed by atoms with Gasteiger partial charge in [-0.1, -0.05) is 12.8 Å². The second kappa shape index (κ2) is 4.74. The van der Waals surface area contributed by atoms with Crippen LogP contribution in [0.1, 0.15) is 59.8 Å². The fraction of sp³-hybridized carbons (Fsp3) is 0.933. The van der Waals surface area contributed by atoms with Gasteiger partial charge in [0.05, 0.1) is 18.3 Å². The van der Waals surface area contributed by atoms with Gasteiger partial charge >= 0.3 is 5.97 Å². The van der Waals surface area contributed by atoms with Crippen LogP contribution in [0.25, 0.3) is 0 Å². The third-order valence-electron chi connectivity index (χ3n) is 4.59. The minimum Gasteiger partial charge on any atom is -0.468 e. The van der Waals surface area contributed by atoms with Crippen LogP contribution in [0.4, 0.5) is 0 Å². The maximum atomic E-state index is 12.5. The van der Waals surface area contributed by atoms with Gasteiger partial charge in [-0.3, -0.25) is 5.32 Å². The van der Waals surface area contributed by atoms with Gasteiger partial charge in [0.1, 0.15) is 5.54 Å². The van der Waals surface area contributed by atoms with Crippen molar-refractivity contribution < 1.29 is 14.3 Å². The van der Waals surface area contributed by atoms with Crippen LogP contribution >= 0.6 is 0 Å². The SMILES string of the molecule is COC(=O)C1(NC2CCCC2)CC(C)(C)OC1(C)C. The Morgan fingerprint density at radius 3 is 2.21 bits per heavy atom. The van der Waals surface area contributed by atoms with E-state index in [-0.39, 0.29) is 11.6 Å². The van der Waals surface area contributed by atoms with Gasteiger partial charge in [0, 0.05) is 12.5 Å². The van der Waals surface area contributed by atoms with Crippen LogP contribution in [0.3, 0.4) is 0 Å². The lowest BCUT2D eigenvalue weighted by Gasteiger charge is -2.39. The molecule has 2 rings (SSSR count). The van der Waals surface area contributed by atoms with Crippen LogP contribution in [0.2, 0.25) is 0 Å². The summed E-state index contributed by atoms with van der Waals surface area (Å²) in [5, 5.41) is 3.59. The van der Waals surface area contributed by atoms with Crippen molar-refractivity contribution in [2.24, 2.45) is 0 Å². The maximum absolute atomic E-state index is 12.5. The van der Waals surface area contributed by atoms with E-state index < -0.39 is 11.1 Å². The summed E-state index contributed by atoms with van der Waals surface area (Å²) in [6, 6.07) is 0.399. The van der Waals surface area contributed by atoms with Crippen LogP contribution in [0.5, 0.6) is 0 Å². The van der Waals surface area contributed by atoms with Crippen molar-refractivity contribution in [1.29, 1.82) is 0 Å². The van der Waals surface area contributed by atoms with Crippen LogP contribution in [-0.4, -0.2) is 35.9 Å². The molecule has 4 heteroatoms. The van der Waals surface area contributed by atoms with Crippen molar-refractivity contribution in [3.63, 3.8) is 0 Å². The molecule has 19 heavy (non-hydrogen) atoms. The lowest BCUT2D eigenvalue weighted by Crippen LogP contribution is -2.65. The van der Waals surface area contributed by atoms with Gasteiger partial charge in [-0.2, -0.15) is 0 Å². The number of methoxy groups -OCH3 is 1.